The summed E-state index contributed by atoms with van der Waals surface area (Å²) in [7, 11) is 0. The Hall–Kier alpha value is -0.500. The number of hydrogen-bond acceptors (Lipinski definition) is 0. The Kier molecular flexibility index (Phi) is 5.32. The molecule has 3 heteroatoms. The van der Waals surface area contributed by atoms with Gasteiger partial charge in [0.2, 0.25) is 0 Å². The molecule has 0 bridgehead atoms. The maximum Gasteiger partial charge on any atom is 0.0449 e. The van der Waals surface area contributed by atoms with Crippen LogP contribution in [0.25, 0.3) is 0 Å². The Morgan fingerprint density at radius 2 is 1.89 bits per heavy atom. The largest absolute Gasteiger partial charge is 0.126 e. The van der Waals surface area contributed by atoms with Crippen molar-refractivity contribution in [2.45, 2.75) is 19.3 Å². The third-order valence-corrected chi connectivity index (χ3v) is 4.51. The quantitative estimate of drug-likeness (QED) is 0.590. The summed E-state index contributed by atoms with van der Waals surface area (Å²) >= 11 is 15.9. The van der Waals surface area contributed by atoms with Crippen LogP contribution in [-0.2, 0) is 6.42 Å². The van der Waals surface area contributed by atoms with Crippen LogP contribution in [0.2, 0.25) is 5.02 Å². The van der Waals surface area contributed by atoms with Crippen LogP contribution in [0.4, 0.5) is 0 Å². The zero-order chi connectivity index (χ0) is 13.8. The van der Waals surface area contributed by atoms with E-state index in [9.17, 15) is 0 Å². The summed E-state index contributed by atoms with van der Waals surface area (Å²) in [6.45, 7) is 2.12. The molecule has 2 aromatic rings. The summed E-state index contributed by atoms with van der Waals surface area (Å²) in [5.41, 5.74) is 3.72. The van der Waals surface area contributed by atoms with E-state index in [1.54, 1.807) is 0 Å². The molecule has 0 nitrogen and oxygen atoms in total. The van der Waals surface area contributed by atoms with Crippen LogP contribution in [0, 0.1) is 6.92 Å². The molecular weight excluding hydrogens is 343 g/mol. The van der Waals surface area contributed by atoms with Gasteiger partial charge in [0.1, 0.15) is 0 Å². The summed E-state index contributed by atoms with van der Waals surface area (Å²) in [6, 6.07) is 14.4. The van der Waals surface area contributed by atoms with Gasteiger partial charge in [-0.1, -0.05) is 57.9 Å². The molecule has 0 aromatic heterocycles. The second-order valence-electron chi connectivity index (χ2n) is 4.65. The normalized spacial score (nSPS) is 12.4. The summed E-state index contributed by atoms with van der Waals surface area (Å²) in [5.74, 6) is 0.888. The lowest BCUT2D eigenvalue weighted by Crippen LogP contribution is -2.07. The molecule has 0 radical (unpaired) electrons. The highest BCUT2D eigenvalue weighted by atomic mass is 79.9. The standard InChI is InChI=1S/C16H15BrCl2/c1-11-4-2-3-5-15(11)13(10-18)8-12-6-7-14(17)9-16(12)19/h2-7,9,13H,8,10H2,1H3. The fraction of sp³-hybridized carbons (Fsp3) is 0.250. The molecular formula is C16H15BrCl2. The molecule has 0 heterocycles. The van der Waals surface area contributed by atoms with Gasteiger partial charge < -0.3 is 0 Å². The topological polar surface area (TPSA) is 0 Å². The van der Waals surface area contributed by atoms with Crippen LogP contribution in [0.3, 0.4) is 0 Å². The van der Waals surface area contributed by atoms with Crippen LogP contribution < -0.4 is 0 Å². The van der Waals surface area contributed by atoms with Crippen molar-refractivity contribution in [2.24, 2.45) is 0 Å². The summed E-state index contributed by atoms with van der Waals surface area (Å²) in [6.07, 6.45) is 0.862. The first kappa shape index (κ1) is 14.9. The Morgan fingerprint density at radius 1 is 1.16 bits per heavy atom. The highest BCUT2D eigenvalue weighted by molar-refractivity contribution is 9.10. The van der Waals surface area contributed by atoms with Gasteiger partial charge >= 0.3 is 0 Å². The van der Waals surface area contributed by atoms with E-state index in [-0.39, 0.29) is 0 Å². The van der Waals surface area contributed by atoms with Gasteiger partial charge in [-0.15, -0.1) is 11.6 Å². The minimum atomic E-state index is 0.293. The van der Waals surface area contributed by atoms with E-state index in [2.05, 4.69) is 53.2 Å². The summed E-state index contributed by atoms with van der Waals surface area (Å²) < 4.78 is 1.000. The fourth-order valence-electron chi connectivity index (χ4n) is 2.25. The first-order valence-corrected chi connectivity index (χ1v) is 7.87. The zero-order valence-corrected chi connectivity index (χ0v) is 13.8. The van der Waals surface area contributed by atoms with Crippen molar-refractivity contribution in [3.05, 3.63) is 68.7 Å². The molecule has 2 rings (SSSR count). The Balaban J connectivity index is 2.27. The first-order valence-electron chi connectivity index (χ1n) is 6.17. The van der Waals surface area contributed by atoms with Crippen LogP contribution in [0.1, 0.15) is 22.6 Å². The number of benzene rings is 2. The summed E-state index contributed by atoms with van der Waals surface area (Å²) in [4.78, 5) is 0. The molecule has 0 fully saturated rings. The predicted octanol–water partition coefficient (Wildman–Crippen LogP) is 5.98. The highest BCUT2D eigenvalue weighted by Crippen LogP contribution is 2.29. The van der Waals surface area contributed by atoms with Gasteiger partial charge in [-0.05, 0) is 42.2 Å². The lowest BCUT2D eigenvalue weighted by atomic mass is 9.90. The van der Waals surface area contributed by atoms with Gasteiger partial charge in [0.25, 0.3) is 0 Å². The second kappa shape index (κ2) is 6.78. The van der Waals surface area contributed by atoms with E-state index in [1.165, 1.54) is 11.1 Å². The average molecular weight is 358 g/mol. The van der Waals surface area contributed by atoms with Gasteiger partial charge in [-0.25, -0.2) is 0 Å². The molecule has 0 N–H and O–H groups in total. The third kappa shape index (κ3) is 3.75. The zero-order valence-electron chi connectivity index (χ0n) is 10.7. The molecule has 0 spiro atoms. The van der Waals surface area contributed by atoms with Crippen LogP contribution in [-0.4, -0.2) is 5.88 Å². The van der Waals surface area contributed by atoms with Crippen molar-refractivity contribution in [1.82, 2.24) is 0 Å². The van der Waals surface area contributed by atoms with Crippen molar-refractivity contribution in [1.29, 1.82) is 0 Å². The van der Waals surface area contributed by atoms with E-state index in [0.717, 1.165) is 21.5 Å². The number of rotatable bonds is 4. The van der Waals surface area contributed by atoms with E-state index < -0.39 is 0 Å². The number of hydrogen-bond donors (Lipinski definition) is 0. The molecule has 0 aliphatic rings. The van der Waals surface area contributed by atoms with Crippen molar-refractivity contribution in [2.75, 3.05) is 5.88 Å². The molecule has 0 saturated heterocycles. The van der Waals surface area contributed by atoms with Gasteiger partial charge in [0.05, 0.1) is 0 Å². The second-order valence-corrected chi connectivity index (χ2v) is 6.28. The van der Waals surface area contributed by atoms with Crippen LogP contribution in [0.15, 0.2) is 46.9 Å². The average Bonchev–Trinajstić information content (AvgIpc) is 2.39. The van der Waals surface area contributed by atoms with Gasteiger partial charge in [-0.3, -0.25) is 0 Å². The first-order chi connectivity index (χ1) is 9.11. The lowest BCUT2D eigenvalue weighted by molar-refractivity contribution is 0.760. The summed E-state index contributed by atoms with van der Waals surface area (Å²) in [5, 5.41) is 0.790. The maximum atomic E-state index is 6.28. The molecule has 0 aliphatic carbocycles. The predicted molar refractivity (Wildman–Crippen MR) is 87.5 cm³/mol. The third-order valence-electron chi connectivity index (χ3n) is 3.30. The van der Waals surface area contributed by atoms with Crippen molar-refractivity contribution in [3.8, 4) is 0 Å². The molecule has 1 unspecified atom stereocenters. The van der Waals surface area contributed by atoms with Crippen molar-refractivity contribution in [3.63, 3.8) is 0 Å². The number of alkyl halides is 1. The van der Waals surface area contributed by atoms with Gasteiger partial charge in [-0.2, -0.15) is 0 Å². The van der Waals surface area contributed by atoms with E-state index in [4.69, 9.17) is 23.2 Å². The molecule has 0 saturated carbocycles. The van der Waals surface area contributed by atoms with E-state index in [1.807, 2.05) is 12.1 Å². The van der Waals surface area contributed by atoms with E-state index >= 15 is 0 Å². The van der Waals surface area contributed by atoms with Crippen LogP contribution in [0.5, 0.6) is 0 Å². The highest BCUT2D eigenvalue weighted by Gasteiger charge is 2.15. The molecule has 100 valence electrons. The Bertz CT molecular complexity index is 566. The maximum absolute atomic E-state index is 6.28. The van der Waals surface area contributed by atoms with Crippen LogP contribution >= 0.6 is 39.1 Å². The SMILES string of the molecule is Cc1ccccc1C(CCl)Cc1ccc(Br)cc1Cl. The van der Waals surface area contributed by atoms with Crippen molar-refractivity contribution < 1.29 is 0 Å². The van der Waals surface area contributed by atoms with Crippen molar-refractivity contribution >= 4 is 39.1 Å². The Morgan fingerprint density at radius 3 is 2.53 bits per heavy atom. The van der Waals surface area contributed by atoms with Gasteiger partial charge in [0, 0.05) is 21.3 Å². The van der Waals surface area contributed by atoms with E-state index in [0.29, 0.717) is 11.8 Å². The smallest absolute Gasteiger partial charge is 0.0449 e. The number of aryl methyl sites for hydroxylation is 1. The molecule has 1 atom stereocenters. The molecule has 0 amide bonds. The fourth-order valence-corrected chi connectivity index (χ4v) is 3.27. The minimum absolute atomic E-state index is 0.293. The molecule has 2 aromatic carbocycles. The monoisotopic (exact) mass is 356 g/mol. The molecule has 19 heavy (non-hydrogen) atoms. The minimum Gasteiger partial charge on any atom is -0.126 e. The van der Waals surface area contributed by atoms with Gasteiger partial charge in [0.15, 0.2) is 0 Å². The lowest BCUT2D eigenvalue weighted by Gasteiger charge is -2.17. The Labute approximate surface area is 132 Å². The molecule has 0 aliphatic heterocycles. The number of halogens is 3.